The predicted octanol–water partition coefficient (Wildman–Crippen LogP) is 3.16. The number of pyridine rings is 1. The van der Waals surface area contributed by atoms with Crippen LogP contribution >= 0.6 is 0 Å². The molecular formula is C15H16N4O. The van der Waals surface area contributed by atoms with Crippen LogP contribution in [0, 0.1) is 13.8 Å². The van der Waals surface area contributed by atoms with E-state index in [0.717, 1.165) is 22.8 Å². The average Bonchev–Trinajstić information content (AvgIpc) is 3.07. The van der Waals surface area contributed by atoms with Crippen molar-refractivity contribution in [2.75, 3.05) is 0 Å². The molecule has 0 unspecified atom stereocenters. The average molecular weight is 268 g/mol. The lowest BCUT2D eigenvalue weighted by atomic mass is 10.1. The van der Waals surface area contributed by atoms with Gasteiger partial charge in [-0.1, -0.05) is 6.07 Å². The van der Waals surface area contributed by atoms with Gasteiger partial charge in [0.1, 0.15) is 12.0 Å². The Morgan fingerprint density at radius 2 is 2.05 bits per heavy atom. The summed E-state index contributed by atoms with van der Waals surface area (Å²) in [6.45, 7) is 5.92. The van der Waals surface area contributed by atoms with E-state index >= 15 is 0 Å². The molecule has 0 saturated heterocycles. The maximum atomic E-state index is 5.27. The molecule has 0 aliphatic rings. The topological polar surface area (TPSA) is 56.7 Å². The number of hydrogen-bond donors (Lipinski definition) is 0. The van der Waals surface area contributed by atoms with Gasteiger partial charge in [-0.2, -0.15) is 0 Å². The smallest absolute Gasteiger partial charge is 0.191 e. The Kier molecular flexibility index (Phi) is 3.10. The third kappa shape index (κ3) is 2.22. The Bertz CT molecular complexity index is 712. The van der Waals surface area contributed by atoms with E-state index in [-0.39, 0.29) is 6.04 Å². The van der Waals surface area contributed by atoms with Gasteiger partial charge >= 0.3 is 0 Å². The summed E-state index contributed by atoms with van der Waals surface area (Å²) in [5, 5.41) is 0. The van der Waals surface area contributed by atoms with E-state index in [0.29, 0.717) is 5.89 Å². The van der Waals surface area contributed by atoms with Crippen molar-refractivity contribution in [3.63, 3.8) is 0 Å². The molecule has 0 saturated carbocycles. The number of nitrogens with zero attached hydrogens (tertiary/aromatic N) is 4. The second kappa shape index (κ2) is 4.92. The zero-order valence-electron chi connectivity index (χ0n) is 11.7. The Morgan fingerprint density at radius 1 is 1.20 bits per heavy atom. The van der Waals surface area contributed by atoms with Gasteiger partial charge in [-0.3, -0.25) is 4.98 Å². The van der Waals surface area contributed by atoms with Crippen LogP contribution in [0.1, 0.15) is 30.1 Å². The van der Waals surface area contributed by atoms with E-state index in [2.05, 4.69) is 32.5 Å². The minimum atomic E-state index is 0.137. The van der Waals surface area contributed by atoms with Crippen LogP contribution in [0.15, 0.2) is 41.4 Å². The van der Waals surface area contributed by atoms with Gasteiger partial charge in [-0.15, -0.1) is 0 Å². The highest BCUT2D eigenvalue weighted by atomic mass is 16.3. The molecule has 0 N–H and O–H groups in total. The minimum absolute atomic E-state index is 0.137. The molecule has 20 heavy (non-hydrogen) atoms. The van der Waals surface area contributed by atoms with Crippen LogP contribution in [0.4, 0.5) is 0 Å². The summed E-state index contributed by atoms with van der Waals surface area (Å²) in [5.74, 6) is 1.44. The monoisotopic (exact) mass is 268 g/mol. The molecule has 1 atom stereocenters. The van der Waals surface area contributed by atoms with Crippen LogP contribution in [0.3, 0.4) is 0 Å². The fraction of sp³-hybridized carbons (Fsp3) is 0.267. The molecule has 0 fully saturated rings. The summed E-state index contributed by atoms with van der Waals surface area (Å²) >= 11 is 0. The van der Waals surface area contributed by atoms with Gasteiger partial charge in [0, 0.05) is 31.2 Å². The predicted molar refractivity (Wildman–Crippen MR) is 75.2 cm³/mol. The molecule has 3 heterocycles. The highest BCUT2D eigenvalue weighted by molar-refractivity contribution is 5.48. The van der Waals surface area contributed by atoms with Crippen LogP contribution in [0.2, 0.25) is 0 Å². The SMILES string of the molecule is Cc1ccc([C@H](C)n2ccnc2-c2coc(C)n2)cn1. The van der Waals surface area contributed by atoms with E-state index in [1.807, 2.05) is 32.3 Å². The molecule has 0 amide bonds. The van der Waals surface area contributed by atoms with Crippen LogP contribution < -0.4 is 0 Å². The Hall–Kier alpha value is -2.43. The molecule has 3 aromatic heterocycles. The van der Waals surface area contributed by atoms with Crippen molar-refractivity contribution in [2.45, 2.75) is 26.8 Å². The van der Waals surface area contributed by atoms with Crippen LogP contribution in [-0.2, 0) is 0 Å². The van der Waals surface area contributed by atoms with E-state index in [1.165, 1.54) is 0 Å². The summed E-state index contributed by atoms with van der Waals surface area (Å²) in [5.41, 5.74) is 2.90. The van der Waals surface area contributed by atoms with Gasteiger partial charge in [-0.05, 0) is 25.5 Å². The lowest BCUT2D eigenvalue weighted by Gasteiger charge is -2.15. The van der Waals surface area contributed by atoms with Crippen molar-refractivity contribution in [1.29, 1.82) is 0 Å². The number of aromatic nitrogens is 4. The highest BCUT2D eigenvalue weighted by Crippen LogP contribution is 2.24. The summed E-state index contributed by atoms with van der Waals surface area (Å²) in [7, 11) is 0. The maximum absolute atomic E-state index is 5.27. The first-order chi connectivity index (χ1) is 9.65. The molecule has 0 aliphatic carbocycles. The normalized spacial score (nSPS) is 12.6. The Morgan fingerprint density at radius 3 is 2.70 bits per heavy atom. The van der Waals surface area contributed by atoms with Gasteiger partial charge in [-0.25, -0.2) is 9.97 Å². The molecule has 0 bridgehead atoms. The van der Waals surface area contributed by atoms with E-state index in [4.69, 9.17) is 4.42 Å². The molecule has 0 aliphatic heterocycles. The van der Waals surface area contributed by atoms with Gasteiger partial charge in [0.15, 0.2) is 11.7 Å². The zero-order chi connectivity index (χ0) is 14.1. The van der Waals surface area contributed by atoms with E-state index in [9.17, 15) is 0 Å². The number of imidazole rings is 1. The highest BCUT2D eigenvalue weighted by Gasteiger charge is 2.16. The van der Waals surface area contributed by atoms with Crippen molar-refractivity contribution in [3.8, 4) is 11.5 Å². The van der Waals surface area contributed by atoms with Crippen molar-refractivity contribution in [2.24, 2.45) is 0 Å². The lowest BCUT2D eigenvalue weighted by Crippen LogP contribution is -2.08. The molecular weight excluding hydrogens is 252 g/mol. The first-order valence-corrected chi connectivity index (χ1v) is 6.53. The number of rotatable bonds is 3. The van der Waals surface area contributed by atoms with Gasteiger partial charge in [0.2, 0.25) is 0 Å². The van der Waals surface area contributed by atoms with Crippen LogP contribution in [0.25, 0.3) is 11.5 Å². The third-order valence-electron chi connectivity index (χ3n) is 3.35. The molecule has 0 aromatic carbocycles. The first kappa shape index (κ1) is 12.6. The molecule has 3 aromatic rings. The summed E-state index contributed by atoms with van der Waals surface area (Å²) < 4.78 is 7.34. The number of oxazole rings is 1. The largest absolute Gasteiger partial charge is 0.449 e. The second-order valence-electron chi connectivity index (χ2n) is 4.82. The maximum Gasteiger partial charge on any atom is 0.191 e. The summed E-state index contributed by atoms with van der Waals surface area (Å²) in [6.07, 6.45) is 7.26. The molecule has 0 radical (unpaired) electrons. The quantitative estimate of drug-likeness (QED) is 0.732. The van der Waals surface area contributed by atoms with E-state index in [1.54, 1.807) is 12.5 Å². The Labute approximate surface area is 117 Å². The summed E-state index contributed by atoms with van der Waals surface area (Å²) in [6, 6.07) is 4.24. The van der Waals surface area contributed by atoms with Crippen molar-refractivity contribution in [3.05, 3.63) is 54.1 Å². The first-order valence-electron chi connectivity index (χ1n) is 6.53. The van der Waals surface area contributed by atoms with Gasteiger partial charge < -0.3 is 8.98 Å². The van der Waals surface area contributed by atoms with Crippen LogP contribution in [0.5, 0.6) is 0 Å². The lowest BCUT2D eigenvalue weighted by molar-refractivity contribution is 0.521. The Balaban J connectivity index is 1.99. The fourth-order valence-electron chi connectivity index (χ4n) is 2.18. The molecule has 0 spiro atoms. The third-order valence-corrected chi connectivity index (χ3v) is 3.35. The van der Waals surface area contributed by atoms with E-state index < -0.39 is 0 Å². The summed E-state index contributed by atoms with van der Waals surface area (Å²) in [4.78, 5) is 13.1. The second-order valence-corrected chi connectivity index (χ2v) is 4.82. The molecule has 5 nitrogen and oxygen atoms in total. The molecule has 3 rings (SSSR count). The fourth-order valence-corrected chi connectivity index (χ4v) is 2.18. The zero-order valence-corrected chi connectivity index (χ0v) is 11.7. The van der Waals surface area contributed by atoms with Gasteiger partial charge in [0.05, 0.1) is 6.04 Å². The number of aryl methyl sites for hydroxylation is 2. The van der Waals surface area contributed by atoms with Crippen molar-refractivity contribution >= 4 is 0 Å². The molecule has 5 heteroatoms. The van der Waals surface area contributed by atoms with Crippen molar-refractivity contribution in [1.82, 2.24) is 19.5 Å². The standard InChI is InChI=1S/C15H16N4O/c1-10-4-5-13(8-17-10)11(2)19-7-6-16-15(19)14-9-20-12(3)18-14/h4-9,11H,1-3H3/t11-/m0/s1. The molecule has 102 valence electrons. The van der Waals surface area contributed by atoms with Crippen LogP contribution in [-0.4, -0.2) is 19.5 Å². The number of hydrogen-bond acceptors (Lipinski definition) is 4. The van der Waals surface area contributed by atoms with Gasteiger partial charge in [0.25, 0.3) is 0 Å². The minimum Gasteiger partial charge on any atom is -0.449 e. The van der Waals surface area contributed by atoms with Crippen molar-refractivity contribution < 1.29 is 4.42 Å².